The van der Waals surface area contributed by atoms with Gasteiger partial charge < -0.3 is 4.74 Å². The summed E-state index contributed by atoms with van der Waals surface area (Å²) in [6.45, 7) is 3.15. The van der Waals surface area contributed by atoms with Crippen LogP contribution in [0.5, 0.6) is 0 Å². The standard InChI is InChI=1S/C7H14N2O/c1-3-7(6-10-2)9-5-4-8/h7,9H,3,5-6H2,1-2H3/t7-/m1/s1. The number of hydrogen-bond acceptors (Lipinski definition) is 3. The average molecular weight is 142 g/mol. The highest BCUT2D eigenvalue weighted by Crippen LogP contribution is 1.89. The second-order valence-corrected chi connectivity index (χ2v) is 2.10. The largest absolute Gasteiger partial charge is 0.383 e. The molecule has 1 N–H and O–H groups in total. The minimum Gasteiger partial charge on any atom is -0.383 e. The van der Waals surface area contributed by atoms with Crippen molar-refractivity contribution in [3.05, 3.63) is 0 Å². The van der Waals surface area contributed by atoms with Crippen molar-refractivity contribution in [1.29, 1.82) is 5.26 Å². The van der Waals surface area contributed by atoms with Gasteiger partial charge in [0.15, 0.2) is 0 Å². The van der Waals surface area contributed by atoms with Gasteiger partial charge in [-0.3, -0.25) is 5.32 Å². The van der Waals surface area contributed by atoms with E-state index in [9.17, 15) is 0 Å². The van der Waals surface area contributed by atoms with Crippen LogP contribution < -0.4 is 5.32 Å². The Morgan fingerprint density at radius 2 is 2.40 bits per heavy atom. The first kappa shape index (κ1) is 9.41. The summed E-state index contributed by atoms with van der Waals surface area (Å²) in [7, 11) is 1.66. The minimum absolute atomic E-state index is 0.324. The molecule has 3 nitrogen and oxygen atoms in total. The van der Waals surface area contributed by atoms with E-state index in [0.29, 0.717) is 19.2 Å². The number of nitrogens with one attached hydrogen (secondary N) is 1. The van der Waals surface area contributed by atoms with Crippen LogP contribution in [0, 0.1) is 11.3 Å². The number of rotatable bonds is 5. The predicted octanol–water partition coefficient (Wildman–Crippen LogP) is 0.525. The lowest BCUT2D eigenvalue weighted by Gasteiger charge is -2.12. The van der Waals surface area contributed by atoms with Gasteiger partial charge in [0, 0.05) is 13.2 Å². The molecule has 0 aliphatic carbocycles. The van der Waals surface area contributed by atoms with Crippen LogP contribution in [-0.4, -0.2) is 26.3 Å². The Morgan fingerprint density at radius 3 is 2.80 bits per heavy atom. The molecule has 0 bridgehead atoms. The Bertz CT molecular complexity index is 109. The third-order valence-electron chi connectivity index (χ3n) is 1.33. The van der Waals surface area contributed by atoms with Crippen molar-refractivity contribution in [2.24, 2.45) is 0 Å². The lowest BCUT2D eigenvalue weighted by Crippen LogP contribution is -2.32. The molecular formula is C7H14N2O. The lowest BCUT2D eigenvalue weighted by molar-refractivity contribution is 0.166. The van der Waals surface area contributed by atoms with Gasteiger partial charge in [0.25, 0.3) is 0 Å². The highest BCUT2D eigenvalue weighted by molar-refractivity contribution is 4.76. The van der Waals surface area contributed by atoms with Gasteiger partial charge in [-0.25, -0.2) is 0 Å². The van der Waals surface area contributed by atoms with Gasteiger partial charge >= 0.3 is 0 Å². The summed E-state index contributed by atoms with van der Waals surface area (Å²) in [5.41, 5.74) is 0. The highest BCUT2D eigenvalue weighted by atomic mass is 16.5. The Kier molecular flexibility index (Phi) is 6.14. The van der Waals surface area contributed by atoms with E-state index in [1.165, 1.54) is 0 Å². The van der Waals surface area contributed by atoms with Crippen molar-refractivity contribution in [3.63, 3.8) is 0 Å². The van der Waals surface area contributed by atoms with Crippen LogP contribution in [0.1, 0.15) is 13.3 Å². The quantitative estimate of drug-likeness (QED) is 0.569. The molecule has 0 fully saturated rings. The normalized spacial score (nSPS) is 12.5. The topological polar surface area (TPSA) is 45.0 Å². The molecule has 0 heterocycles. The van der Waals surface area contributed by atoms with Gasteiger partial charge in [0.1, 0.15) is 0 Å². The Morgan fingerprint density at radius 1 is 1.70 bits per heavy atom. The molecule has 0 rings (SSSR count). The fraction of sp³-hybridized carbons (Fsp3) is 0.857. The van der Waals surface area contributed by atoms with Crippen molar-refractivity contribution >= 4 is 0 Å². The minimum atomic E-state index is 0.324. The van der Waals surface area contributed by atoms with Crippen molar-refractivity contribution < 1.29 is 4.74 Å². The van der Waals surface area contributed by atoms with Crippen LogP contribution in [0.2, 0.25) is 0 Å². The highest BCUT2D eigenvalue weighted by Gasteiger charge is 2.01. The molecule has 0 aromatic rings. The monoisotopic (exact) mass is 142 g/mol. The molecule has 0 aromatic heterocycles. The van der Waals surface area contributed by atoms with Gasteiger partial charge in [-0.05, 0) is 6.42 Å². The van der Waals surface area contributed by atoms with E-state index in [4.69, 9.17) is 10.00 Å². The molecule has 0 aliphatic heterocycles. The molecule has 0 saturated heterocycles. The maximum atomic E-state index is 8.23. The molecular weight excluding hydrogens is 128 g/mol. The van der Waals surface area contributed by atoms with E-state index in [1.54, 1.807) is 7.11 Å². The van der Waals surface area contributed by atoms with Crippen LogP contribution in [0.3, 0.4) is 0 Å². The molecule has 0 saturated carbocycles. The van der Waals surface area contributed by atoms with E-state index in [0.717, 1.165) is 6.42 Å². The van der Waals surface area contributed by atoms with Crippen LogP contribution in [0.4, 0.5) is 0 Å². The zero-order valence-corrected chi connectivity index (χ0v) is 6.55. The number of nitrogens with zero attached hydrogens (tertiary/aromatic N) is 1. The van der Waals surface area contributed by atoms with Gasteiger partial charge in [-0.1, -0.05) is 6.92 Å². The molecule has 0 unspecified atom stereocenters. The second-order valence-electron chi connectivity index (χ2n) is 2.10. The lowest BCUT2D eigenvalue weighted by atomic mass is 10.2. The molecule has 10 heavy (non-hydrogen) atoms. The van der Waals surface area contributed by atoms with Crippen LogP contribution in [0.25, 0.3) is 0 Å². The molecule has 0 radical (unpaired) electrons. The third kappa shape index (κ3) is 4.30. The second kappa shape index (κ2) is 6.53. The summed E-state index contributed by atoms with van der Waals surface area (Å²) in [6, 6.07) is 2.35. The summed E-state index contributed by atoms with van der Waals surface area (Å²) in [5.74, 6) is 0. The SMILES string of the molecule is CC[C@H](COC)NCC#N. The van der Waals surface area contributed by atoms with Gasteiger partial charge in [-0.15, -0.1) is 0 Å². The van der Waals surface area contributed by atoms with Crippen LogP contribution in [-0.2, 0) is 4.74 Å². The molecule has 3 heteroatoms. The number of methoxy groups -OCH3 is 1. The Labute approximate surface area is 62.0 Å². The van der Waals surface area contributed by atoms with Gasteiger partial charge in [0.05, 0.1) is 19.2 Å². The summed E-state index contributed by atoms with van der Waals surface area (Å²) < 4.78 is 4.92. The van der Waals surface area contributed by atoms with E-state index in [-0.39, 0.29) is 0 Å². The maximum absolute atomic E-state index is 8.23. The summed E-state index contributed by atoms with van der Waals surface area (Å²) in [5, 5.41) is 11.3. The first-order valence-electron chi connectivity index (χ1n) is 3.44. The molecule has 58 valence electrons. The van der Waals surface area contributed by atoms with E-state index < -0.39 is 0 Å². The van der Waals surface area contributed by atoms with Crippen molar-refractivity contribution in [1.82, 2.24) is 5.32 Å². The predicted molar refractivity (Wildman–Crippen MR) is 39.6 cm³/mol. The number of ether oxygens (including phenoxy) is 1. The molecule has 0 amide bonds. The van der Waals surface area contributed by atoms with Crippen molar-refractivity contribution in [2.75, 3.05) is 20.3 Å². The zero-order chi connectivity index (χ0) is 7.82. The Hall–Kier alpha value is -0.590. The molecule has 0 spiro atoms. The van der Waals surface area contributed by atoms with Gasteiger partial charge in [0.2, 0.25) is 0 Å². The smallest absolute Gasteiger partial charge is 0.0843 e. The Balaban J connectivity index is 3.32. The summed E-state index contributed by atoms with van der Waals surface area (Å²) in [6.07, 6.45) is 0.996. The third-order valence-corrected chi connectivity index (χ3v) is 1.33. The number of hydrogen-bond donors (Lipinski definition) is 1. The molecule has 1 atom stereocenters. The van der Waals surface area contributed by atoms with Gasteiger partial charge in [-0.2, -0.15) is 5.26 Å². The van der Waals surface area contributed by atoms with E-state index in [1.807, 2.05) is 6.07 Å². The van der Waals surface area contributed by atoms with Crippen LogP contribution >= 0.6 is 0 Å². The first-order valence-corrected chi connectivity index (χ1v) is 3.44. The maximum Gasteiger partial charge on any atom is 0.0843 e. The summed E-state index contributed by atoms with van der Waals surface area (Å²) in [4.78, 5) is 0. The average Bonchev–Trinajstić information content (AvgIpc) is 1.98. The first-order chi connectivity index (χ1) is 4.85. The molecule has 0 aromatic carbocycles. The van der Waals surface area contributed by atoms with E-state index in [2.05, 4.69) is 12.2 Å². The summed E-state index contributed by atoms with van der Waals surface area (Å²) >= 11 is 0. The number of nitriles is 1. The van der Waals surface area contributed by atoms with Crippen molar-refractivity contribution in [2.45, 2.75) is 19.4 Å². The fourth-order valence-corrected chi connectivity index (χ4v) is 0.712. The van der Waals surface area contributed by atoms with E-state index >= 15 is 0 Å². The zero-order valence-electron chi connectivity index (χ0n) is 6.55. The van der Waals surface area contributed by atoms with Crippen molar-refractivity contribution in [3.8, 4) is 6.07 Å². The fourth-order valence-electron chi connectivity index (χ4n) is 0.712. The molecule has 0 aliphatic rings. The van der Waals surface area contributed by atoms with Crippen LogP contribution in [0.15, 0.2) is 0 Å².